The van der Waals surface area contributed by atoms with Gasteiger partial charge < -0.3 is 10.0 Å². The summed E-state index contributed by atoms with van der Waals surface area (Å²) >= 11 is 0. The van der Waals surface area contributed by atoms with Crippen LogP contribution in [0.4, 0.5) is 0 Å². The number of nitrogens with zero attached hydrogens (tertiary/aromatic N) is 1. The van der Waals surface area contributed by atoms with Crippen molar-refractivity contribution < 1.29 is 9.90 Å². The topological polar surface area (TPSA) is 40.5 Å². The fourth-order valence-corrected chi connectivity index (χ4v) is 2.58. The Morgan fingerprint density at radius 2 is 2.00 bits per heavy atom. The van der Waals surface area contributed by atoms with E-state index >= 15 is 0 Å². The lowest BCUT2D eigenvalue weighted by atomic mass is 10.0. The highest BCUT2D eigenvalue weighted by molar-refractivity contribution is 5.78. The molecule has 0 spiro atoms. The standard InChI is InChI=1S/C16H23NO2/c1-4-5-15(18)12-6-7-13-9-17(10-14(13)8-12)16(19)11(2)3/h6-8,11,15,18H,4-5,9-10H2,1-3H3. The summed E-state index contributed by atoms with van der Waals surface area (Å²) in [5.74, 6) is 0.242. The van der Waals surface area contributed by atoms with Gasteiger partial charge in [0.15, 0.2) is 0 Å². The average Bonchev–Trinajstić information content (AvgIpc) is 2.80. The minimum atomic E-state index is -0.384. The van der Waals surface area contributed by atoms with E-state index in [1.807, 2.05) is 24.8 Å². The Labute approximate surface area is 115 Å². The van der Waals surface area contributed by atoms with E-state index in [0.717, 1.165) is 18.4 Å². The molecule has 1 aliphatic rings. The largest absolute Gasteiger partial charge is 0.388 e. The van der Waals surface area contributed by atoms with Gasteiger partial charge in [-0.2, -0.15) is 0 Å². The molecule has 3 heteroatoms. The fraction of sp³-hybridized carbons (Fsp3) is 0.562. The van der Waals surface area contributed by atoms with Crippen LogP contribution in [-0.2, 0) is 17.9 Å². The third-order valence-electron chi connectivity index (χ3n) is 3.71. The molecule has 0 aliphatic carbocycles. The zero-order valence-corrected chi connectivity index (χ0v) is 12.0. The average molecular weight is 261 g/mol. The number of hydrogen-bond donors (Lipinski definition) is 1. The van der Waals surface area contributed by atoms with Crippen LogP contribution < -0.4 is 0 Å². The SMILES string of the molecule is CCCC(O)c1ccc2c(c1)CN(C(=O)C(C)C)C2. The summed E-state index contributed by atoms with van der Waals surface area (Å²) in [6.07, 6.45) is 1.37. The molecule has 2 rings (SSSR count). The summed E-state index contributed by atoms with van der Waals surface area (Å²) in [6.45, 7) is 7.32. The van der Waals surface area contributed by atoms with Crippen LogP contribution in [0.3, 0.4) is 0 Å². The van der Waals surface area contributed by atoms with Crippen LogP contribution in [0.25, 0.3) is 0 Å². The van der Waals surface area contributed by atoms with Gasteiger partial charge in [-0.1, -0.05) is 45.4 Å². The zero-order valence-electron chi connectivity index (χ0n) is 12.0. The van der Waals surface area contributed by atoms with Gasteiger partial charge in [-0.3, -0.25) is 4.79 Å². The molecular weight excluding hydrogens is 238 g/mol. The quantitative estimate of drug-likeness (QED) is 0.905. The maximum atomic E-state index is 12.0. The molecule has 1 aromatic rings. The van der Waals surface area contributed by atoms with Crippen molar-refractivity contribution in [3.05, 3.63) is 34.9 Å². The lowest BCUT2D eigenvalue weighted by Gasteiger charge is -2.17. The maximum absolute atomic E-state index is 12.0. The van der Waals surface area contributed by atoms with E-state index in [1.165, 1.54) is 11.1 Å². The Bertz CT molecular complexity index is 468. The molecule has 0 fully saturated rings. The first-order valence-electron chi connectivity index (χ1n) is 7.11. The second-order valence-electron chi connectivity index (χ2n) is 5.68. The molecule has 0 saturated carbocycles. The van der Waals surface area contributed by atoms with E-state index < -0.39 is 0 Å². The van der Waals surface area contributed by atoms with Gasteiger partial charge in [-0.05, 0) is 23.1 Å². The summed E-state index contributed by atoms with van der Waals surface area (Å²) in [4.78, 5) is 13.9. The molecule has 1 N–H and O–H groups in total. The van der Waals surface area contributed by atoms with Crippen LogP contribution in [-0.4, -0.2) is 15.9 Å². The molecule has 0 saturated heterocycles. The Balaban J connectivity index is 2.14. The summed E-state index contributed by atoms with van der Waals surface area (Å²) in [5.41, 5.74) is 3.36. The fourth-order valence-electron chi connectivity index (χ4n) is 2.58. The molecule has 1 unspecified atom stereocenters. The summed E-state index contributed by atoms with van der Waals surface area (Å²) in [5, 5.41) is 10.0. The van der Waals surface area contributed by atoms with Crippen molar-refractivity contribution in [2.45, 2.75) is 52.8 Å². The highest BCUT2D eigenvalue weighted by Crippen LogP contribution is 2.28. The van der Waals surface area contributed by atoms with Crippen molar-refractivity contribution in [1.29, 1.82) is 0 Å². The number of carbonyl (C=O) groups is 1. The second kappa shape index (κ2) is 5.74. The minimum absolute atomic E-state index is 0.0412. The number of aliphatic hydroxyl groups is 1. The molecule has 1 heterocycles. The third kappa shape index (κ3) is 2.98. The number of carbonyl (C=O) groups excluding carboxylic acids is 1. The van der Waals surface area contributed by atoms with Gasteiger partial charge in [0.25, 0.3) is 0 Å². The van der Waals surface area contributed by atoms with Crippen molar-refractivity contribution in [3.8, 4) is 0 Å². The number of benzene rings is 1. The maximum Gasteiger partial charge on any atom is 0.225 e. The summed E-state index contributed by atoms with van der Waals surface area (Å²) in [6, 6.07) is 6.10. The van der Waals surface area contributed by atoms with E-state index in [9.17, 15) is 9.90 Å². The second-order valence-corrected chi connectivity index (χ2v) is 5.68. The first-order chi connectivity index (χ1) is 9.02. The smallest absolute Gasteiger partial charge is 0.225 e. The zero-order chi connectivity index (χ0) is 14.0. The first-order valence-corrected chi connectivity index (χ1v) is 7.11. The lowest BCUT2D eigenvalue weighted by Crippen LogP contribution is -2.29. The number of fused-ring (bicyclic) bond motifs is 1. The van der Waals surface area contributed by atoms with Crippen molar-refractivity contribution in [1.82, 2.24) is 4.90 Å². The third-order valence-corrected chi connectivity index (χ3v) is 3.71. The van der Waals surface area contributed by atoms with Crippen LogP contribution in [0.1, 0.15) is 56.4 Å². The van der Waals surface area contributed by atoms with E-state index in [2.05, 4.69) is 19.1 Å². The van der Waals surface area contributed by atoms with Crippen molar-refractivity contribution in [3.63, 3.8) is 0 Å². The lowest BCUT2D eigenvalue weighted by molar-refractivity contribution is -0.135. The molecule has 1 aliphatic heterocycles. The normalized spacial score (nSPS) is 15.7. The van der Waals surface area contributed by atoms with Crippen molar-refractivity contribution in [2.75, 3.05) is 0 Å². The highest BCUT2D eigenvalue weighted by atomic mass is 16.3. The Morgan fingerprint density at radius 3 is 2.63 bits per heavy atom. The molecule has 0 bridgehead atoms. The predicted octanol–water partition coefficient (Wildman–Crippen LogP) is 3.02. The van der Waals surface area contributed by atoms with Crippen LogP contribution in [0.15, 0.2) is 18.2 Å². The molecular formula is C16H23NO2. The van der Waals surface area contributed by atoms with Gasteiger partial charge in [0.2, 0.25) is 5.91 Å². The van der Waals surface area contributed by atoms with E-state index in [4.69, 9.17) is 0 Å². The molecule has 19 heavy (non-hydrogen) atoms. The van der Waals surface area contributed by atoms with Crippen LogP contribution in [0.5, 0.6) is 0 Å². The number of aliphatic hydroxyl groups excluding tert-OH is 1. The first kappa shape index (κ1) is 14.1. The van der Waals surface area contributed by atoms with Crippen LogP contribution in [0.2, 0.25) is 0 Å². The number of hydrogen-bond acceptors (Lipinski definition) is 2. The molecule has 1 atom stereocenters. The highest BCUT2D eigenvalue weighted by Gasteiger charge is 2.25. The van der Waals surface area contributed by atoms with Gasteiger partial charge in [0.1, 0.15) is 0 Å². The van der Waals surface area contributed by atoms with Gasteiger partial charge >= 0.3 is 0 Å². The summed E-state index contributed by atoms with van der Waals surface area (Å²) < 4.78 is 0. The number of rotatable bonds is 4. The van der Waals surface area contributed by atoms with Crippen LogP contribution >= 0.6 is 0 Å². The van der Waals surface area contributed by atoms with E-state index in [-0.39, 0.29) is 17.9 Å². The Morgan fingerprint density at radius 1 is 1.32 bits per heavy atom. The van der Waals surface area contributed by atoms with E-state index in [1.54, 1.807) is 0 Å². The summed E-state index contributed by atoms with van der Waals surface area (Å²) in [7, 11) is 0. The molecule has 3 nitrogen and oxygen atoms in total. The monoisotopic (exact) mass is 261 g/mol. The minimum Gasteiger partial charge on any atom is -0.388 e. The molecule has 1 aromatic carbocycles. The van der Waals surface area contributed by atoms with E-state index in [0.29, 0.717) is 13.1 Å². The number of amides is 1. The Kier molecular flexibility index (Phi) is 4.25. The van der Waals surface area contributed by atoms with Gasteiger partial charge in [-0.15, -0.1) is 0 Å². The molecule has 0 aromatic heterocycles. The molecule has 104 valence electrons. The van der Waals surface area contributed by atoms with Crippen LogP contribution in [0, 0.1) is 5.92 Å². The Hall–Kier alpha value is -1.35. The predicted molar refractivity (Wildman–Crippen MR) is 75.4 cm³/mol. The van der Waals surface area contributed by atoms with Gasteiger partial charge in [0, 0.05) is 19.0 Å². The van der Waals surface area contributed by atoms with Crippen molar-refractivity contribution >= 4 is 5.91 Å². The van der Waals surface area contributed by atoms with Gasteiger partial charge in [-0.25, -0.2) is 0 Å². The molecule has 0 radical (unpaired) electrons. The molecule has 1 amide bonds. The van der Waals surface area contributed by atoms with Gasteiger partial charge in [0.05, 0.1) is 6.10 Å². The van der Waals surface area contributed by atoms with Crippen molar-refractivity contribution in [2.24, 2.45) is 5.92 Å².